The van der Waals surface area contributed by atoms with Gasteiger partial charge in [-0.15, -0.1) is 0 Å². The van der Waals surface area contributed by atoms with Crippen molar-refractivity contribution >= 4 is 28.6 Å². The second-order valence-corrected chi connectivity index (χ2v) is 6.56. The van der Waals surface area contributed by atoms with Crippen LogP contribution < -0.4 is 0 Å². The molecule has 0 spiro atoms. The molecule has 0 unspecified atom stereocenters. The first-order valence-corrected chi connectivity index (χ1v) is 8.74. The second-order valence-electron chi connectivity index (χ2n) is 5.16. The quantitative estimate of drug-likeness (QED) is 0.706. The van der Waals surface area contributed by atoms with Gasteiger partial charge in [-0.1, -0.05) is 25.1 Å². The van der Waals surface area contributed by atoms with E-state index in [4.69, 9.17) is 5.11 Å². The summed E-state index contributed by atoms with van der Waals surface area (Å²) < 4.78 is 2.32. The monoisotopic (exact) mass is 305 g/mol. The number of nitrogens with zero attached hydrogens (tertiary/aromatic N) is 1. The molecule has 1 aromatic heterocycles. The lowest BCUT2D eigenvalue weighted by atomic mass is 10.1. The van der Waals surface area contributed by atoms with Crippen LogP contribution in [-0.4, -0.2) is 27.1 Å². The summed E-state index contributed by atoms with van der Waals surface area (Å²) in [5.74, 6) is 1.65. The maximum Gasteiger partial charge on any atom is 0.303 e. The van der Waals surface area contributed by atoms with E-state index in [0.717, 1.165) is 13.0 Å². The van der Waals surface area contributed by atoms with E-state index in [0.29, 0.717) is 6.42 Å². The summed E-state index contributed by atoms with van der Waals surface area (Å²) in [6, 6.07) is 8.42. The zero-order valence-corrected chi connectivity index (χ0v) is 13.4. The molecule has 21 heavy (non-hydrogen) atoms. The van der Waals surface area contributed by atoms with Crippen LogP contribution >= 0.6 is 11.8 Å². The number of fused-ring (bicyclic) bond motifs is 1. The van der Waals surface area contributed by atoms with Gasteiger partial charge in [0.15, 0.2) is 0 Å². The summed E-state index contributed by atoms with van der Waals surface area (Å²) >= 11 is 1.98. The Labute approximate surface area is 130 Å². The van der Waals surface area contributed by atoms with Crippen LogP contribution in [0.25, 0.3) is 10.9 Å². The fourth-order valence-corrected chi connectivity index (χ4v) is 3.24. The Morgan fingerprint density at radius 3 is 2.86 bits per heavy atom. The van der Waals surface area contributed by atoms with E-state index in [2.05, 4.69) is 42.0 Å². The van der Waals surface area contributed by atoms with Crippen LogP contribution in [0.3, 0.4) is 0 Å². The second kappa shape index (κ2) is 8.13. The molecule has 1 N–H and O–H groups in total. The van der Waals surface area contributed by atoms with Crippen LogP contribution in [-0.2, 0) is 17.8 Å². The lowest BCUT2D eigenvalue weighted by Gasteiger charge is -2.04. The SMILES string of the molecule is CCSCCCn1cc(CCCC(=O)O)c2ccccc21. The number of aliphatic carboxylic acids is 1. The van der Waals surface area contributed by atoms with Crippen molar-refractivity contribution < 1.29 is 9.90 Å². The van der Waals surface area contributed by atoms with Crippen LogP contribution in [0.5, 0.6) is 0 Å². The normalized spacial score (nSPS) is 11.1. The molecule has 0 aliphatic rings. The van der Waals surface area contributed by atoms with Crippen molar-refractivity contribution in [2.75, 3.05) is 11.5 Å². The highest BCUT2D eigenvalue weighted by molar-refractivity contribution is 7.99. The van der Waals surface area contributed by atoms with E-state index in [1.807, 2.05) is 11.8 Å². The van der Waals surface area contributed by atoms with Crippen molar-refractivity contribution in [1.29, 1.82) is 0 Å². The molecule has 0 saturated carbocycles. The molecule has 3 nitrogen and oxygen atoms in total. The standard InChI is InChI=1S/C17H23NO2S/c1-2-21-12-6-11-18-13-14(7-5-10-17(19)20)15-8-3-4-9-16(15)18/h3-4,8-9,13H,2,5-7,10-12H2,1H3,(H,19,20). The summed E-state index contributed by atoms with van der Waals surface area (Å²) in [7, 11) is 0. The van der Waals surface area contributed by atoms with Gasteiger partial charge in [0.2, 0.25) is 0 Å². The van der Waals surface area contributed by atoms with Crippen LogP contribution in [0.1, 0.15) is 31.7 Å². The number of thioether (sulfide) groups is 1. The molecule has 2 aromatic rings. The van der Waals surface area contributed by atoms with E-state index in [1.54, 1.807) is 0 Å². The van der Waals surface area contributed by atoms with E-state index >= 15 is 0 Å². The number of aryl methyl sites for hydroxylation is 2. The number of carboxylic acids is 1. The molecule has 0 saturated heterocycles. The number of carbonyl (C=O) groups is 1. The first-order chi connectivity index (χ1) is 10.2. The summed E-state index contributed by atoms with van der Waals surface area (Å²) in [6.45, 7) is 3.22. The number of hydrogen-bond donors (Lipinski definition) is 1. The lowest BCUT2D eigenvalue weighted by Crippen LogP contribution is -1.98. The molecule has 0 fully saturated rings. The van der Waals surface area contributed by atoms with Gasteiger partial charge in [-0.2, -0.15) is 11.8 Å². The fourth-order valence-electron chi connectivity index (χ4n) is 2.62. The summed E-state index contributed by atoms with van der Waals surface area (Å²) in [6.07, 6.45) is 5.17. The Morgan fingerprint density at radius 2 is 2.10 bits per heavy atom. The van der Waals surface area contributed by atoms with Crippen LogP contribution in [0.15, 0.2) is 30.5 Å². The van der Waals surface area contributed by atoms with Gasteiger partial charge in [0, 0.05) is 30.1 Å². The topological polar surface area (TPSA) is 42.2 Å². The van der Waals surface area contributed by atoms with Crippen molar-refractivity contribution in [3.05, 3.63) is 36.0 Å². The summed E-state index contributed by atoms with van der Waals surface area (Å²) in [4.78, 5) is 10.7. The molecule has 2 rings (SSSR count). The van der Waals surface area contributed by atoms with E-state index < -0.39 is 5.97 Å². The summed E-state index contributed by atoms with van der Waals surface area (Å²) in [5.41, 5.74) is 2.54. The maximum atomic E-state index is 10.7. The largest absolute Gasteiger partial charge is 0.481 e. The molecule has 4 heteroatoms. The molecule has 0 bridgehead atoms. The van der Waals surface area contributed by atoms with Crippen molar-refractivity contribution in [2.45, 2.75) is 39.2 Å². The number of para-hydroxylation sites is 1. The van der Waals surface area contributed by atoms with Gasteiger partial charge >= 0.3 is 5.97 Å². The van der Waals surface area contributed by atoms with Crippen molar-refractivity contribution in [3.63, 3.8) is 0 Å². The molecule has 1 heterocycles. The first kappa shape index (κ1) is 16.0. The fraction of sp³-hybridized carbons (Fsp3) is 0.471. The molecular formula is C17H23NO2S. The maximum absolute atomic E-state index is 10.7. The Morgan fingerprint density at radius 1 is 1.29 bits per heavy atom. The van der Waals surface area contributed by atoms with Gasteiger partial charge in [0.25, 0.3) is 0 Å². The number of carboxylic acid groups (broad SMARTS) is 1. The van der Waals surface area contributed by atoms with Gasteiger partial charge in [0.05, 0.1) is 0 Å². The van der Waals surface area contributed by atoms with Gasteiger partial charge < -0.3 is 9.67 Å². The number of rotatable bonds is 9. The average molecular weight is 305 g/mol. The Bertz CT molecular complexity index is 591. The van der Waals surface area contributed by atoms with Crippen molar-refractivity contribution in [2.24, 2.45) is 0 Å². The first-order valence-electron chi connectivity index (χ1n) is 7.58. The highest BCUT2D eigenvalue weighted by Gasteiger charge is 2.08. The third-order valence-corrected chi connectivity index (χ3v) is 4.59. The van der Waals surface area contributed by atoms with Crippen LogP contribution in [0.4, 0.5) is 0 Å². The van der Waals surface area contributed by atoms with Crippen LogP contribution in [0.2, 0.25) is 0 Å². The van der Waals surface area contributed by atoms with Crippen LogP contribution in [0, 0.1) is 0 Å². The minimum Gasteiger partial charge on any atom is -0.481 e. The minimum atomic E-state index is -0.713. The van der Waals surface area contributed by atoms with Gasteiger partial charge in [0.1, 0.15) is 0 Å². The molecule has 1 aromatic carbocycles. The van der Waals surface area contributed by atoms with E-state index in [1.165, 1.54) is 34.4 Å². The zero-order valence-electron chi connectivity index (χ0n) is 12.5. The van der Waals surface area contributed by atoms with Crippen molar-refractivity contribution in [3.8, 4) is 0 Å². The lowest BCUT2D eigenvalue weighted by molar-refractivity contribution is -0.137. The molecular weight excluding hydrogens is 282 g/mol. The molecule has 0 aliphatic heterocycles. The highest BCUT2D eigenvalue weighted by Crippen LogP contribution is 2.23. The Kier molecular flexibility index (Phi) is 6.18. The van der Waals surface area contributed by atoms with Gasteiger partial charge in [-0.05, 0) is 42.4 Å². The smallest absolute Gasteiger partial charge is 0.303 e. The minimum absolute atomic E-state index is 0.243. The number of aromatic nitrogens is 1. The predicted octanol–water partition coefficient (Wildman–Crippen LogP) is 4.19. The zero-order chi connectivity index (χ0) is 15.1. The molecule has 0 radical (unpaired) electrons. The van der Waals surface area contributed by atoms with Crippen molar-refractivity contribution in [1.82, 2.24) is 4.57 Å². The average Bonchev–Trinajstić information content (AvgIpc) is 2.82. The molecule has 0 amide bonds. The highest BCUT2D eigenvalue weighted by atomic mass is 32.2. The Balaban J connectivity index is 2.08. The predicted molar refractivity (Wildman–Crippen MR) is 90.1 cm³/mol. The van der Waals surface area contributed by atoms with E-state index in [9.17, 15) is 4.79 Å². The molecule has 0 atom stereocenters. The van der Waals surface area contributed by atoms with E-state index in [-0.39, 0.29) is 6.42 Å². The molecule has 114 valence electrons. The number of hydrogen-bond acceptors (Lipinski definition) is 2. The number of benzene rings is 1. The third-order valence-electron chi connectivity index (χ3n) is 3.60. The third kappa shape index (κ3) is 4.53. The van der Waals surface area contributed by atoms with Gasteiger partial charge in [-0.25, -0.2) is 0 Å². The molecule has 0 aliphatic carbocycles. The summed E-state index contributed by atoms with van der Waals surface area (Å²) in [5, 5.41) is 10.0. The Hall–Kier alpha value is -1.42. The van der Waals surface area contributed by atoms with Gasteiger partial charge in [-0.3, -0.25) is 4.79 Å².